The number of morpholine rings is 1. The van der Waals surface area contributed by atoms with Gasteiger partial charge >= 0.3 is 0 Å². The van der Waals surface area contributed by atoms with Crippen LogP contribution in [0.3, 0.4) is 0 Å². The van der Waals surface area contributed by atoms with E-state index in [9.17, 15) is 4.79 Å². The van der Waals surface area contributed by atoms with Crippen molar-refractivity contribution in [1.29, 1.82) is 0 Å². The van der Waals surface area contributed by atoms with Gasteiger partial charge in [-0.3, -0.25) is 9.69 Å². The number of hydrogen-bond acceptors (Lipinski definition) is 5. The number of hydrogen-bond donors (Lipinski definition) is 2. The number of nitrogens with zero attached hydrogens (tertiary/aromatic N) is 1. The molecule has 0 radical (unpaired) electrons. The summed E-state index contributed by atoms with van der Waals surface area (Å²) in [7, 11) is 0. The summed E-state index contributed by atoms with van der Waals surface area (Å²) in [4.78, 5) is 14.9. The number of benzene rings is 1. The zero-order chi connectivity index (χ0) is 17.3. The normalized spacial score (nSPS) is 23.1. The van der Waals surface area contributed by atoms with Crippen LogP contribution in [0, 0.1) is 0 Å². The molecule has 1 aromatic rings. The highest BCUT2D eigenvalue weighted by Gasteiger charge is 2.22. The summed E-state index contributed by atoms with van der Waals surface area (Å²) in [5.41, 5.74) is 1.27. The van der Waals surface area contributed by atoms with Crippen LogP contribution < -0.4 is 10.6 Å². The summed E-state index contributed by atoms with van der Waals surface area (Å²) in [6, 6.07) is 10.9. The van der Waals surface area contributed by atoms with E-state index in [-0.39, 0.29) is 11.9 Å². The average Bonchev–Trinajstić information content (AvgIpc) is 2.64. The first-order valence-corrected chi connectivity index (χ1v) is 10.4. The summed E-state index contributed by atoms with van der Waals surface area (Å²) in [6.07, 6.45) is 1.44. The van der Waals surface area contributed by atoms with Gasteiger partial charge in [0.05, 0.1) is 13.2 Å². The molecule has 2 heterocycles. The fraction of sp³-hybridized carbons (Fsp3) is 0.632. The monoisotopic (exact) mass is 363 g/mol. The molecule has 6 heteroatoms. The maximum Gasteiger partial charge on any atom is 0.221 e. The molecule has 2 unspecified atom stereocenters. The van der Waals surface area contributed by atoms with Crippen LogP contribution in [0.2, 0.25) is 0 Å². The Morgan fingerprint density at radius 2 is 2.12 bits per heavy atom. The Morgan fingerprint density at radius 1 is 1.32 bits per heavy atom. The molecule has 2 fully saturated rings. The van der Waals surface area contributed by atoms with Crippen molar-refractivity contribution in [3.63, 3.8) is 0 Å². The van der Waals surface area contributed by atoms with Gasteiger partial charge in [0.15, 0.2) is 0 Å². The van der Waals surface area contributed by atoms with Crippen LogP contribution in [-0.2, 0) is 16.0 Å². The number of rotatable bonds is 7. The van der Waals surface area contributed by atoms with E-state index in [0.29, 0.717) is 12.5 Å². The van der Waals surface area contributed by atoms with Gasteiger partial charge < -0.3 is 15.4 Å². The van der Waals surface area contributed by atoms with Gasteiger partial charge in [-0.05, 0) is 12.0 Å². The van der Waals surface area contributed by atoms with Crippen LogP contribution in [-0.4, -0.2) is 73.8 Å². The van der Waals surface area contributed by atoms with Crippen molar-refractivity contribution in [3.05, 3.63) is 35.9 Å². The molecular weight excluding hydrogens is 334 g/mol. The smallest absolute Gasteiger partial charge is 0.221 e. The van der Waals surface area contributed by atoms with E-state index in [1.54, 1.807) is 0 Å². The third-order valence-electron chi connectivity index (χ3n) is 4.70. The van der Waals surface area contributed by atoms with E-state index < -0.39 is 0 Å². The Morgan fingerprint density at radius 3 is 2.84 bits per heavy atom. The van der Waals surface area contributed by atoms with Crippen LogP contribution in [0.4, 0.5) is 0 Å². The molecule has 1 aromatic carbocycles. The highest BCUT2D eigenvalue weighted by molar-refractivity contribution is 7.99. The van der Waals surface area contributed by atoms with Crippen molar-refractivity contribution in [2.24, 2.45) is 0 Å². The molecule has 0 aromatic heterocycles. The number of thioether (sulfide) groups is 1. The Hall–Kier alpha value is -1.08. The summed E-state index contributed by atoms with van der Waals surface area (Å²) in [5.74, 6) is 2.33. The quantitative estimate of drug-likeness (QED) is 0.761. The minimum Gasteiger partial charge on any atom is -0.379 e. The van der Waals surface area contributed by atoms with Gasteiger partial charge in [0.1, 0.15) is 0 Å². The minimum atomic E-state index is 0.143. The summed E-state index contributed by atoms with van der Waals surface area (Å²) < 4.78 is 5.44. The molecule has 0 aliphatic carbocycles. The number of nitrogens with one attached hydrogen (secondary N) is 2. The van der Waals surface area contributed by atoms with Crippen molar-refractivity contribution >= 4 is 17.7 Å². The third-order valence-corrected chi connectivity index (χ3v) is 5.83. The van der Waals surface area contributed by atoms with Crippen LogP contribution in [0.1, 0.15) is 12.0 Å². The molecule has 138 valence electrons. The second-order valence-electron chi connectivity index (χ2n) is 6.80. The van der Waals surface area contributed by atoms with E-state index >= 15 is 0 Å². The van der Waals surface area contributed by atoms with E-state index in [2.05, 4.69) is 39.8 Å². The van der Waals surface area contributed by atoms with Crippen LogP contribution in [0.15, 0.2) is 30.3 Å². The second-order valence-corrected chi connectivity index (χ2v) is 7.95. The molecule has 2 saturated heterocycles. The Labute approximate surface area is 154 Å². The van der Waals surface area contributed by atoms with E-state index in [1.165, 1.54) is 5.56 Å². The standard InChI is InChI=1S/C19H29N3O2S/c23-19(13-18-15-25-11-6-20-18)21-17(12-16-4-2-1-3-5-16)14-22-7-9-24-10-8-22/h1-5,17-18,20H,6-15H2,(H,21,23). The first-order valence-electron chi connectivity index (χ1n) is 9.24. The van der Waals surface area contributed by atoms with Crippen LogP contribution in [0.25, 0.3) is 0 Å². The third kappa shape index (κ3) is 6.62. The number of amides is 1. The summed E-state index contributed by atoms with van der Waals surface area (Å²) in [6.45, 7) is 5.36. The lowest BCUT2D eigenvalue weighted by molar-refractivity contribution is -0.122. The Balaban J connectivity index is 1.55. The Kier molecular flexibility index (Phi) is 7.60. The van der Waals surface area contributed by atoms with E-state index in [1.807, 2.05) is 17.8 Å². The maximum absolute atomic E-state index is 12.5. The molecule has 0 spiro atoms. The van der Waals surface area contributed by atoms with Gasteiger partial charge in [-0.25, -0.2) is 0 Å². The first kappa shape index (κ1) is 18.7. The maximum atomic E-state index is 12.5. The van der Waals surface area contributed by atoms with Crippen LogP contribution in [0.5, 0.6) is 0 Å². The summed E-state index contributed by atoms with van der Waals surface area (Å²) in [5, 5.41) is 6.74. The van der Waals surface area contributed by atoms with Gasteiger partial charge in [0.25, 0.3) is 0 Å². The molecule has 2 aliphatic heterocycles. The van der Waals surface area contributed by atoms with Crippen molar-refractivity contribution in [2.45, 2.75) is 24.9 Å². The van der Waals surface area contributed by atoms with Gasteiger partial charge in [-0.15, -0.1) is 0 Å². The lowest BCUT2D eigenvalue weighted by Crippen LogP contribution is -2.49. The van der Waals surface area contributed by atoms with Crippen molar-refractivity contribution in [1.82, 2.24) is 15.5 Å². The van der Waals surface area contributed by atoms with Crippen molar-refractivity contribution < 1.29 is 9.53 Å². The van der Waals surface area contributed by atoms with Gasteiger partial charge in [-0.2, -0.15) is 11.8 Å². The largest absolute Gasteiger partial charge is 0.379 e. The molecule has 2 atom stereocenters. The predicted molar refractivity (Wildman–Crippen MR) is 103 cm³/mol. The predicted octanol–water partition coefficient (Wildman–Crippen LogP) is 1.14. The second kappa shape index (κ2) is 10.2. The van der Waals surface area contributed by atoms with E-state index in [4.69, 9.17) is 4.74 Å². The number of ether oxygens (including phenoxy) is 1. The average molecular weight is 364 g/mol. The number of carbonyl (C=O) groups excluding carboxylic acids is 1. The highest BCUT2D eigenvalue weighted by atomic mass is 32.2. The SMILES string of the molecule is O=C(CC1CSCCN1)NC(Cc1ccccc1)CN1CCOCC1. The molecule has 2 N–H and O–H groups in total. The topological polar surface area (TPSA) is 53.6 Å². The van der Waals surface area contributed by atoms with Gasteiger partial charge in [0, 0.05) is 56.2 Å². The molecule has 0 bridgehead atoms. The fourth-order valence-electron chi connectivity index (χ4n) is 3.42. The molecule has 3 rings (SSSR count). The molecule has 5 nitrogen and oxygen atoms in total. The molecule has 1 amide bonds. The highest BCUT2D eigenvalue weighted by Crippen LogP contribution is 2.11. The van der Waals surface area contributed by atoms with Crippen molar-refractivity contribution in [3.8, 4) is 0 Å². The molecule has 25 heavy (non-hydrogen) atoms. The Bertz CT molecular complexity index is 517. The van der Waals surface area contributed by atoms with E-state index in [0.717, 1.165) is 57.3 Å². The fourth-order valence-corrected chi connectivity index (χ4v) is 4.37. The first-order chi connectivity index (χ1) is 12.3. The minimum absolute atomic E-state index is 0.143. The zero-order valence-electron chi connectivity index (χ0n) is 14.8. The van der Waals surface area contributed by atoms with Crippen LogP contribution >= 0.6 is 11.8 Å². The van der Waals surface area contributed by atoms with Gasteiger partial charge in [-0.1, -0.05) is 30.3 Å². The molecule has 0 saturated carbocycles. The molecular formula is C19H29N3O2S. The number of carbonyl (C=O) groups is 1. The van der Waals surface area contributed by atoms with Crippen molar-refractivity contribution in [2.75, 3.05) is 50.9 Å². The van der Waals surface area contributed by atoms with Gasteiger partial charge in [0.2, 0.25) is 5.91 Å². The summed E-state index contributed by atoms with van der Waals surface area (Å²) >= 11 is 1.93. The zero-order valence-corrected chi connectivity index (χ0v) is 15.6. The molecule has 2 aliphatic rings. The lowest BCUT2D eigenvalue weighted by Gasteiger charge is -2.31. The lowest BCUT2D eigenvalue weighted by atomic mass is 10.0.